The zero-order chi connectivity index (χ0) is 15.4. The molecule has 0 atom stereocenters. The van der Waals surface area contributed by atoms with Crippen molar-refractivity contribution in [1.82, 2.24) is 10.3 Å². The van der Waals surface area contributed by atoms with E-state index in [9.17, 15) is 4.79 Å². The number of aromatic nitrogens is 2. The summed E-state index contributed by atoms with van der Waals surface area (Å²) in [6.45, 7) is 2.62. The first-order valence-electron chi connectivity index (χ1n) is 7.84. The SMILES string of the molecule is CCOc1ccc2[nH+]c(SCC(=O)NC3CCCC3)[nH]c2c1. The summed E-state index contributed by atoms with van der Waals surface area (Å²) in [6, 6.07) is 6.28. The van der Waals surface area contributed by atoms with Crippen LogP contribution in [0.3, 0.4) is 0 Å². The molecule has 3 rings (SSSR count). The summed E-state index contributed by atoms with van der Waals surface area (Å²) in [5.74, 6) is 1.39. The first-order valence-corrected chi connectivity index (χ1v) is 8.83. The average Bonchev–Trinajstić information content (AvgIpc) is 3.14. The fourth-order valence-electron chi connectivity index (χ4n) is 2.82. The molecular weight excluding hydrogens is 298 g/mol. The molecule has 1 aromatic carbocycles. The lowest BCUT2D eigenvalue weighted by Crippen LogP contribution is -2.34. The van der Waals surface area contributed by atoms with E-state index < -0.39 is 0 Å². The lowest BCUT2D eigenvalue weighted by Gasteiger charge is -2.10. The predicted octanol–water partition coefficient (Wildman–Crippen LogP) is 2.53. The van der Waals surface area contributed by atoms with E-state index in [-0.39, 0.29) is 5.91 Å². The summed E-state index contributed by atoms with van der Waals surface area (Å²) in [7, 11) is 0. The summed E-state index contributed by atoms with van der Waals surface area (Å²) in [5.41, 5.74) is 2.01. The number of amides is 1. The molecule has 6 heteroatoms. The molecule has 0 aliphatic heterocycles. The number of H-pyrrole nitrogens is 2. The van der Waals surface area contributed by atoms with Gasteiger partial charge in [-0.25, -0.2) is 9.97 Å². The van der Waals surface area contributed by atoms with E-state index in [0.717, 1.165) is 34.8 Å². The van der Waals surface area contributed by atoms with E-state index in [1.807, 2.05) is 25.1 Å². The summed E-state index contributed by atoms with van der Waals surface area (Å²) >= 11 is 1.49. The number of fused-ring (bicyclic) bond motifs is 1. The molecule has 1 fully saturated rings. The number of thioether (sulfide) groups is 1. The quantitative estimate of drug-likeness (QED) is 0.804. The fourth-order valence-corrected chi connectivity index (χ4v) is 3.54. The number of carbonyl (C=O) groups is 1. The first kappa shape index (κ1) is 15.2. The van der Waals surface area contributed by atoms with Gasteiger partial charge in [-0.15, -0.1) is 0 Å². The van der Waals surface area contributed by atoms with Crippen LogP contribution in [-0.2, 0) is 4.79 Å². The van der Waals surface area contributed by atoms with E-state index in [1.54, 1.807) is 0 Å². The van der Waals surface area contributed by atoms with Crippen molar-refractivity contribution < 1.29 is 14.5 Å². The summed E-state index contributed by atoms with van der Waals surface area (Å²) in [4.78, 5) is 18.5. The highest BCUT2D eigenvalue weighted by Crippen LogP contribution is 2.21. The van der Waals surface area contributed by atoms with Crippen molar-refractivity contribution in [2.45, 2.75) is 43.8 Å². The van der Waals surface area contributed by atoms with Gasteiger partial charge in [0, 0.05) is 12.1 Å². The molecule has 1 heterocycles. The number of nitrogens with one attached hydrogen (secondary N) is 3. The van der Waals surface area contributed by atoms with Crippen LogP contribution >= 0.6 is 11.8 Å². The van der Waals surface area contributed by atoms with Crippen LogP contribution in [0.4, 0.5) is 0 Å². The number of carbonyl (C=O) groups excluding carboxylic acids is 1. The number of hydrogen-bond donors (Lipinski definition) is 2. The van der Waals surface area contributed by atoms with Crippen molar-refractivity contribution in [1.29, 1.82) is 0 Å². The minimum Gasteiger partial charge on any atom is -0.494 e. The van der Waals surface area contributed by atoms with Gasteiger partial charge >= 0.3 is 5.16 Å². The summed E-state index contributed by atoms with van der Waals surface area (Å²) < 4.78 is 5.49. The minimum atomic E-state index is 0.110. The van der Waals surface area contributed by atoms with Crippen molar-refractivity contribution in [3.63, 3.8) is 0 Å². The maximum absolute atomic E-state index is 11.9. The monoisotopic (exact) mass is 320 g/mol. The molecule has 1 aromatic heterocycles. The van der Waals surface area contributed by atoms with Crippen LogP contribution in [0.5, 0.6) is 5.75 Å². The maximum Gasteiger partial charge on any atom is 0.315 e. The van der Waals surface area contributed by atoms with E-state index in [1.165, 1.54) is 24.6 Å². The summed E-state index contributed by atoms with van der Waals surface area (Å²) in [5, 5.41) is 3.99. The second kappa shape index (κ2) is 7.05. The van der Waals surface area contributed by atoms with E-state index in [4.69, 9.17) is 4.74 Å². The Balaban J connectivity index is 1.57. The van der Waals surface area contributed by atoms with Crippen LogP contribution in [-0.4, -0.2) is 29.3 Å². The number of aromatic amines is 2. The number of rotatable bonds is 6. The van der Waals surface area contributed by atoms with E-state index in [2.05, 4.69) is 15.3 Å². The Labute approximate surface area is 134 Å². The van der Waals surface area contributed by atoms with Crippen molar-refractivity contribution in [3.05, 3.63) is 18.2 Å². The second-order valence-corrected chi connectivity index (χ2v) is 6.54. The second-order valence-electron chi connectivity index (χ2n) is 5.56. The van der Waals surface area contributed by atoms with E-state index >= 15 is 0 Å². The number of benzene rings is 1. The molecule has 1 aliphatic carbocycles. The Morgan fingerprint density at radius 2 is 2.27 bits per heavy atom. The van der Waals surface area contributed by atoms with Crippen molar-refractivity contribution in [2.75, 3.05) is 12.4 Å². The van der Waals surface area contributed by atoms with Gasteiger partial charge < -0.3 is 10.1 Å². The van der Waals surface area contributed by atoms with E-state index in [0.29, 0.717) is 18.4 Å². The Hall–Kier alpha value is -1.69. The van der Waals surface area contributed by atoms with Gasteiger partial charge in [-0.05, 0) is 43.7 Å². The average molecular weight is 320 g/mol. The van der Waals surface area contributed by atoms with Crippen molar-refractivity contribution >= 4 is 28.7 Å². The highest BCUT2D eigenvalue weighted by atomic mass is 32.2. The molecule has 1 aliphatic rings. The fraction of sp³-hybridized carbons (Fsp3) is 0.500. The highest BCUT2D eigenvalue weighted by molar-refractivity contribution is 7.99. The zero-order valence-electron chi connectivity index (χ0n) is 12.8. The molecule has 3 N–H and O–H groups in total. The zero-order valence-corrected chi connectivity index (χ0v) is 13.6. The number of imidazole rings is 1. The molecule has 0 radical (unpaired) electrons. The predicted molar refractivity (Wildman–Crippen MR) is 87.1 cm³/mol. The Morgan fingerprint density at radius 1 is 1.45 bits per heavy atom. The van der Waals surface area contributed by atoms with Gasteiger partial charge in [0.15, 0.2) is 11.0 Å². The largest absolute Gasteiger partial charge is 0.494 e. The molecule has 0 saturated heterocycles. The highest BCUT2D eigenvalue weighted by Gasteiger charge is 2.18. The Morgan fingerprint density at radius 3 is 3.05 bits per heavy atom. The van der Waals surface area contributed by atoms with Crippen molar-refractivity contribution in [3.8, 4) is 5.75 Å². The third kappa shape index (κ3) is 3.74. The van der Waals surface area contributed by atoms with Gasteiger partial charge in [0.2, 0.25) is 5.91 Å². The van der Waals surface area contributed by atoms with Crippen LogP contribution in [0.2, 0.25) is 0 Å². The topological polar surface area (TPSA) is 68.3 Å². The lowest BCUT2D eigenvalue weighted by molar-refractivity contribution is -0.396. The standard InChI is InChI=1S/C16H21N3O2S/c1-2-21-12-7-8-13-14(9-12)19-16(18-13)22-10-15(20)17-11-5-3-4-6-11/h7-9,11H,2-6,10H2,1H3,(H,17,20)(H,18,19)/p+1. The third-order valence-corrected chi connectivity index (χ3v) is 4.77. The lowest BCUT2D eigenvalue weighted by atomic mass is 10.2. The number of ether oxygens (including phenoxy) is 1. The maximum atomic E-state index is 11.9. The molecule has 1 saturated carbocycles. The van der Waals surface area contributed by atoms with Crippen LogP contribution in [0, 0.1) is 0 Å². The van der Waals surface area contributed by atoms with Gasteiger partial charge in [-0.2, -0.15) is 0 Å². The molecule has 5 nitrogen and oxygen atoms in total. The molecule has 0 spiro atoms. The number of hydrogen-bond acceptors (Lipinski definition) is 3. The normalized spacial score (nSPS) is 15.3. The molecule has 0 bridgehead atoms. The summed E-state index contributed by atoms with van der Waals surface area (Å²) in [6.07, 6.45) is 4.70. The smallest absolute Gasteiger partial charge is 0.315 e. The Bertz CT molecular complexity index is 650. The van der Waals surface area contributed by atoms with Crippen LogP contribution in [0.1, 0.15) is 32.6 Å². The molecule has 118 valence electrons. The molecular formula is C16H22N3O2S+. The molecule has 2 aromatic rings. The van der Waals surface area contributed by atoms with Crippen molar-refractivity contribution in [2.24, 2.45) is 0 Å². The Kier molecular flexibility index (Phi) is 4.87. The van der Waals surface area contributed by atoms with Gasteiger partial charge in [-0.1, -0.05) is 12.8 Å². The first-order chi connectivity index (χ1) is 10.7. The van der Waals surface area contributed by atoms with Gasteiger partial charge in [0.05, 0.1) is 12.4 Å². The van der Waals surface area contributed by atoms with Gasteiger partial charge in [0.25, 0.3) is 0 Å². The van der Waals surface area contributed by atoms with Crippen LogP contribution in [0.15, 0.2) is 23.4 Å². The molecule has 1 amide bonds. The third-order valence-electron chi connectivity index (χ3n) is 3.87. The van der Waals surface area contributed by atoms with Gasteiger partial charge in [-0.3, -0.25) is 4.79 Å². The minimum absolute atomic E-state index is 0.110. The van der Waals surface area contributed by atoms with Crippen LogP contribution < -0.4 is 15.0 Å². The van der Waals surface area contributed by atoms with Crippen LogP contribution in [0.25, 0.3) is 11.0 Å². The molecule has 22 heavy (non-hydrogen) atoms. The van der Waals surface area contributed by atoms with Gasteiger partial charge in [0.1, 0.15) is 5.75 Å². The molecule has 0 unspecified atom stereocenters.